The summed E-state index contributed by atoms with van der Waals surface area (Å²) < 4.78 is 5.07. The van der Waals surface area contributed by atoms with E-state index in [4.69, 9.17) is 4.74 Å². The van der Waals surface area contributed by atoms with Crippen LogP contribution in [0.2, 0.25) is 0 Å². The van der Waals surface area contributed by atoms with Crippen LogP contribution in [-0.4, -0.2) is 17.6 Å². The van der Waals surface area contributed by atoms with Crippen molar-refractivity contribution >= 4 is 17.0 Å². The van der Waals surface area contributed by atoms with Crippen LogP contribution in [0.1, 0.15) is 6.92 Å². The predicted molar refractivity (Wildman–Crippen MR) is 58.0 cm³/mol. The Hall–Kier alpha value is -1.97. The average molecular weight is 204 g/mol. The molecule has 0 aliphatic carbocycles. The van der Waals surface area contributed by atoms with Gasteiger partial charge in [0, 0.05) is 23.6 Å². The van der Waals surface area contributed by atoms with Gasteiger partial charge in [0.2, 0.25) is 0 Å². The smallest absolute Gasteiger partial charge is 0.410 e. The summed E-state index contributed by atoms with van der Waals surface area (Å²) in [5.41, 5.74) is 1.03. The van der Waals surface area contributed by atoms with Crippen LogP contribution in [0.15, 0.2) is 30.5 Å². The van der Waals surface area contributed by atoms with Crippen LogP contribution in [0.25, 0.3) is 10.9 Å². The monoisotopic (exact) mass is 204 g/mol. The van der Waals surface area contributed by atoms with E-state index in [9.17, 15) is 4.79 Å². The number of hydrogen-bond donors (Lipinski definition) is 2. The van der Waals surface area contributed by atoms with Gasteiger partial charge in [0.1, 0.15) is 5.75 Å². The highest BCUT2D eigenvalue weighted by molar-refractivity contribution is 5.81. The van der Waals surface area contributed by atoms with Gasteiger partial charge in [-0.2, -0.15) is 0 Å². The summed E-state index contributed by atoms with van der Waals surface area (Å²) in [5, 5.41) is 3.59. The SMILES string of the molecule is CCNC(=O)Oc1ccc2[nH]ccc2c1. The molecule has 0 saturated carbocycles. The van der Waals surface area contributed by atoms with Crippen molar-refractivity contribution in [3.63, 3.8) is 0 Å². The second-order valence-electron chi connectivity index (χ2n) is 3.15. The first kappa shape index (κ1) is 9.58. The van der Waals surface area contributed by atoms with Gasteiger partial charge in [-0.15, -0.1) is 0 Å². The minimum absolute atomic E-state index is 0.424. The summed E-state index contributed by atoms with van der Waals surface area (Å²) in [6.45, 7) is 2.40. The largest absolute Gasteiger partial charge is 0.412 e. The van der Waals surface area contributed by atoms with Gasteiger partial charge < -0.3 is 15.0 Å². The number of aromatic nitrogens is 1. The van der Waals surface area contributed by atoms with Gasteiger partial charge in [-0.3, -0.25) is 0 Å². The van der Waals surface area contributed by atoms with Crippen molar-refractivity contribution in [1.82, 2.24) is 10.3 Å². The molecule has 0 aliphatic heterocycles. The molecule has 1 aromatic carbocycles. The van der Waals surface area contributed by atoms with Gasteiger partial charge in [0.25, 0.3) is 0 Å². The number of carbonyl (C=O) groups excluding carboxylic acids is 1. The van der Waals surface area contributed by atoms with Crippen LogP contribution in [0.5, 0.6) is 5.75 Å². The first-order valence-corrected chi connectivity index (χ1v) is 4.82. The molecule has 0 bridgehead atoms. The first-order chi connectivity index (χ1) is 7.29. The van der Waals surface area contributed by atoms with Crippen molar-refractivity contribution in [2.75, 3.05) is 6.54 Å². The molecule has 4 nitrogen and oxygen atoms in total. The van der Waals surface area contributed by atoms with Crippen molar-refractivity contribution in [3.05, 3.63) is 30.5 Å². The Kier molecular flexibility index (Phi) is 2.58. The second kappa shape index (κ2) is 4.04. The van der Waals surface area contributed by atoms with E-state index in [1.54, 1.807) is 6.07 Å². The molecule has 78 valence electrons. The summed E-state index contributed by atoms with van der Waals surface area (Å²) in [6.07, 6.45) is 1.42. The summed E-state index contributed by atoms with van der Waals surface area (Å²) in [5.74, 6) is 0.549. The number of H-pyrrole nitrogens is 1. The highest BCUT2D eigenvalue weighted by atomic mass is 16.5. The highest BCUT2D eigenvalue weighted by Gasteiger charge is 2.03. The maximum absolute atomic E-state index is 11.1. The molecule has 0 radical (unpaired) electrons. The quantitative estimate of drug-likeness (QED) is 0.788. The van der Waals surface area contributed by atoms with Crippen molar-refractivity contribution in [2.24, 2.45) is 0 Å². The topological polar surface area (TPSA) is 54.1 Å². The third-order valence-electron chi connectivity index (χ3n) is 2.06. The molecule has 0 aliphatic rings. The second-order valence-corrected chi connectivity index (χ2v) is 3.15. The van der Waals surface area contributed by atoms with Crippen molar-refractivity contribution in [3.8, 4) is 5.75 Å². The lowest BCUT2D eigenvalue weighted by Gasteiger charge is -2.04. The zero-order valence-corrected chi connectivity index (χ0v) is 8.41. The number of amides is 1. The van der Waals surface area contributed by atoms with Gasteiger partial charge in [-0.05, 0) is 31.2 Å². The molecular formula is C11H12N2O2. The molecule has 0 unspecified atom stereocenters. The third kappa shape index (κ3) is 2.10. The Morgan fingerprint density at radius 3 is 3.13 bits per heavy atom. The van der Waals surface area contributed by atoms with Crippen LogP contribution >= 0.6 is 0 Å². The molecular weight excluding hydrogens is 192 g/mol. The maximum atomic E-state index is 11.1. The van der Waals surface area contributed by atoms with Gasteiger partial charge in [-0.1, -0.05) is 0 Å². The van der Waals surface area contributed by atoms with Crippen LogP contribution < -0.4 is 10.1 Å². The van der Waals surface area contributed by atoms with Gasteiger partial charge >= 0.3 is 6.09 Å². The standard InChI is InChI=1S/C11H12N2O2/c1-2-12-11(14)15-9-3-4-10-8(7-9)5-6-13-10/h3-7,13H,2H2,1H3,(H,12,14). The highest BCUT2D eigenvalue weighted by Crippen LogP contribution is 2.19. The van der Waals surface area contributed by atoms with E-state index in [0.29, 0.717) is 12.3 Å². The molecule has 2 N–H and O–H groups in total. The Labute approximate surface area is 87.2 Å². The van der Waals surface area contributed by atoms with Crippen LogP contribution in [0.4, 0.5) is 4.79 Å². The van der Waals surface area contributed by atoms with Crippen LogP contribution in [0.3, 0.4) is 0 Å². The Morgan fingerprint density at radius 2 is 2.33 bits per heavy atom. The van der Waals surface area contributed by atoms with Crippen LogP contribution in [-0.2, 0) is 0 Å². The van der Waals surface area contributed by atoms with Crippen LogP contribution in [0, 0.1) is 0 Å². The van der Waals surface area contributed by atoms with E-state index in [1.165, 1.54) is 0 Å². The maximum Gasteiger partial charge on any atom is 0.412 e. The van der Waals surface area contributed by atoms with Gasteiger partial charge in [0.15, 0.2) is 0 Å². The lowest BCUT2D eigenvalue weighted by Crippen LogP contribution is -2.26. The van der Waals surface area contributed by atoms with E-state index in [-0.39, 0.29) is 0 Å². The van der Waals surface area contributed by atoms with Crippen molar-refractivity contribution < 1.29 is 9.53 Å². The van der Waals surface area contributed by atoms with Crippen molar-refractivity contribution in [2.45, 2.75) is 6.92 Å². The van der Waals surface area contributed by atoms with Crippen molar-refractivity contribution in [1.29, 1.82) is 0 Å². The minimum Gasteiger partial charge on any atom is -0.410 e. The van der Waals surface area contributed by atoms with Gasteiger partial charge in [-0.25, -0.2) is 4.79 Å². The van der Waals surface area contributed by atoms with E-state index in [1.807, 2.05) is 31.3 Å². The van der Waals surface area contributed by atoms with E-state index >= 15 is 0 Å². The molecule has 1 heterocycles. The summed E-state index contributed by atoms with van der Waals surface area (Å²) >= 11 is 0. The number of ether oxygens (including phenoxy) is 1. The number of aromatic amines is 1. The summed E-state index contributed by atoms with van der Waals surface area (Å²) in [4.78, 5) is 14.2. The predicted octanol–water partition coefficient (Wildman–Crippen LogP) is 2.28. The molecule has 2 rings (SSSR count). The Balaban J connectivity index is 2.17. The molecule has 2 aromatic rings. The zero-order chi connectivity index (χ0) is 10.7. The number of fused-ring (bicyclic) bond motifs is 1. The molecule has 0 fully saturated rings. The van der Waals surface area contributed by atoms with Gasteiger partial charge in [0.05, 0.1) is 0 Å². The normalized spacial score (nSPS) is 10.2. The molecule has 0 saturated heterocycles. The number of rotatable bonds is 2. The molecule has 0 atom stereocenters. The molecule has 15 heavy (non-hydrogen) atoms. The lowest BCUT2D eigenvalue weighted by molar-refractivity contribution is 0.201. The Morgan fingerprint density at radius 1 is 1.47 bits per heavy atom. The molecule has 4 heteroatoms. The van der Waals surface area contributed by atoms with E-state index in [0.717, 1.165) is 10.9 Å². The van der Waals surface area contributed by atoms with E-state index in [2.05, 4.69) is 10.3 Å². The summed E-state index contributed by atoms with van der Waals surface area (Å²) in [7, 11) is 0. The number of nitrogens with one attached hydrogen (secondary N) is 2. The third-order valence-corrected chi connectivity index (χ3v) is 2.06. The zero-order valence-electron chi connectivity index (χ0n) is 8.41. The number of hydrogen-bond acceptors (Lipinski definition) is 2. The fourth-order valence-electron chi connectivity index (χ4n) is 1.38. The Bertz CT molecular complexity index is 476. The first-order valence-electron chi connectivity index (χ1n) is 4.82. The van der Waals surface area contributed by atoms with E-state index < -0.39 is 6.09 Å². The fraction of sp³-hybridized carbons (Fsp3) is 0.182. The number of benzene rings is 1. The molecule has 1 aromatic heterocycles. The average Bonchev–Trinajstić information content (AvgIpc) is 2.65. The number of carbonyl (C=O) groups is 1. The lowest BCUT2D eigenvalue weighted by atomic mass is 10.2. The minimum atomic E-state index is -0.424. The molecule has 0 spiro atoms. The molecule has 1 amide bonds. The fourth-order valence-corrected chi connectivity index (χ4v) is 1.38. The summed E-state index contributed by atoms with van der Waals surface area (Å²) in [6, 6.07) is 7.39.